The zero-order chi connectivity index (χ0) is 15.1. The van der Waals surface area contributed by atoms with Gasteiger partial charge in [-0.05, 0) is 31.6 Å². The predicted molar refractivity (Wildman–Crippen MR) is 82.4 cm³/mol. The van der Waals surface area contributed by atoms with Crippen LogP contribution in [0.5, 0.6) is 0 Å². The quantitative estimate of drug-likeness (QED) is 0.593. The molecule has 0 bridgehead atoms. The molecule has 1 fully saturated rings. The summed E-state index contributed by atoms with van der Waals surface area (Å²) in [5.74, 6) is 0.236. The van der Waals surface area contributed by atoms with Gasteiger partial charge in [0.1, 0.15) is 0 Å². The van der Waals surface area contributed by atoms with Crippen LogP contribution in [-0.2, 0) is 0 Å². The lowest BCUT2D eigenvalue weighted by Gasteiger charge is -2.31. The summed E-state index contributed by atoms with van der Waals surface area (Å²) in [5, 5.41) is 12.8. The molecule has 1 aliphatic rings. The molecule has 6 nitrogen and oxygen atoms in total. The normalized spacial score (nSPS) is 19.4. The van der Waals surface area contributed by atoms with Crippen molar-refractivity contribution in [1.82, 2.24) is 20.2 Å². The van der Waals surface area contributed by atoms with Crippen molar-refractivity contribution in [2.45, 2.75) is 18.0 Å². The molecule has 2 rings (SSSR count). The fourth-order valence-electron chi connectivity index (χ4n) is 2.47. The summed E-state index contributed by atoms with van der Waals surface area (Å²) < 4.78 is 0. The van der Waals surface area contributed by atoms with Gasteiger partial charge in [0.2, 0.25) is 0 Å². The van der Waals surface area contributed by atoms with Gasteiger partial charge < -0.3 is 15.3 Å². The van der Waals surface area contributed by atoms with E-state index in [2.05, 4.69) is 20.2 Å². The van der Waals surface area contributed by atoms with Crippen LogP contribution in [0.15, 0.2) is 17.6 Å². The zero-order valence-electron chi connectivity index (χ0n) is 12.3. The first-order chi connectivity index (χ1) is 10.2. The summed E-state index contributed by atoms with van der Waals surface area (Å²) >= 11 is 1.45. The Morgan fingerprint density at radius 2 is 2.29 bits per heavy atom. The number of carbonyl (C=O) groups is 1. The average molecular weight is 310 g/mol. The Morgan fingerprint density at radius 1 is 1.52 bits per heavy atom. The average Bonchev–Trinajstić information content (AvgIpc) is 2.55. The molecule has 1 saturated heterocycles. The van der Waals surface area contributed by atoms with Gasteiger partial charge in [-0.3, -0.25) is 4.79 Å². The third-order valence-corrected chi connectivity index (χ3v) is 4.22. The molecule has 116 valence electrons. The Hall–Kier alpha value is -1.18. The van der Waals surface area contributed by atoms with E-state index in [1.807, 2.05) is 6.26 Å². The van der Waals surface area contributed by atoms with Crippen molar-refractivity contribution in [3.8, 4) is 0 Å². The van der Waals surface area contributed by atoms with Crippen LogP contribution in [0.25, 0.3) is 0 Å². The SMILES string of the molecule is CSc1ncc(C(=O)NCCN2CCC[C@H](CO)C2)cn1. The van der Waals surface area contributed by atoms with Crippen molar-refractivity contribution in [3.63, 3.8) is 0 Å². The number of hydrogen-bond donors (Lipinski definition) is 2. The van der Waals surface area contributed by atoms with E-state index in [1.165, 1.54) is 11.8 Å². The highest BCUT2D eigenvalue weighted by Gasteiger charge is 2.18. The van der Waals surface area contributed by atoms with Crippen LogP contribution < -0.4 is 5.32 Å². The minimum Gasteiger partial charge on any atom is -0.396 e. The Kier molecular flexibility index (Phi) is 6.41. The van der Waals surface area contributed by atoms with E-state index in [-0.39, 0.29) is 12.5 Å². The van der Waals surface area contributed by atoms with E-state index < -0.39 is 0 Å². The van der Waals surface area contributed by atoms with Gasteiger partial charge in [-0.25, -0.2) is 9.97 Å². The first-order valence-corrected chi connectivity index (χ1v) is 8.43. The Morgan fingerprint density at radius 3 is 2.95 bits per heavy atom. The van der Waals surface area contributed by atoms with Crippen LogP contribution in [0.2, 0.25) is 0 Å². The van der Waals surface area contributed by atoms with Crippen molar-refractivity contribution in [2.75, 3.05) is 39.0 Å². The maximum atomic E-state index is 12.0. The third kappa shape index (κ3) is 4.94. The van der Waals surface area contributed by atoms with Crippen molar-refractivity contribution in [1.29, 1.82) is 0 Å². The number of hydrogen-bond acceptors (Lipinski definition) is 6. The first-order valence-electron chi connectivity index (χ1n) is 7.20. The number of thioether (sulfide) groups is 1. The fourth-order valence-corrected chi connectivity index (χ4v) is 2.79. The van der Waals surface area contributed by atoms with E-state index in [4.69, 9.17) is 0 Å². The molecule has 0 aromatic carbocycles. The monoisotopic (exact) mass is 310 g/mol. The number of nitrogens with one attached hydrogen (secondary N) is 1. The molecule has 7 heteroatoms. The van der Waals surface area contributed by atoms with Gasteiger partial charge in [-0.2, -0.15) is 0 Å². The molecule has 2 N–H and O–H groups in total. The second kappa shape index (κ2) is 8.31. The smallest absolute Gasteiger partial charge is 0.254 e. The molecule has 1 atom stereocenters. The minimum absolute atomic E-state index is 0.140. The van der Waals surface area contributed by atoms with Gasteiger partial charge in [0.05, 0.1) is 5.56 Å². The third-order valence-electron chi connectivity index (χ3n) is 3.65. The van der Waals surface area contributed by atoms with Crippen LogP contribution in [0.4, 0.5) is 0 Å². The van der Waals surface area contributed by atoms with Crippen LogP contribution in [0.3, 0.4) is 0 Å². The number of amides is 1. The summed E-state index contributed by atoms with van der Waals surface area (Å²) in [5.41, 5.74) is 0.486. The van der Waals surface area contributed by atoms with Gasteiger partial charge in [0.15, 0.2) is 5.16 Å². The second-order valence-electron chi connectivity index (χ2n) is 5.21. The fraction of sp³-hybridized carbons (Fsp3) is 0.643. The topological polar surface area (TPSA) is 78.4 Å². The van der Waals surface area contributed by atoms with Crippen molar-refractivity contribution in [3.05, 3.63) is 18.0 Å². The molecule has 1 aromatic heterocycles. The standard InChI is InChI=1S/C14H22N4O2S/c1-21-14-16-7-12(8-17-14)13(20)15-4-6-18-5-2-3-11(9-18)10-19/h7-8,11,19H,2-6,9-10H2,1H3,(H,15,20)/t11-/m0/s1. The Bertz CT molecular complexity index is 455. The minimum atomic E-state index is -0.140. The van der Waals surface area contributed by atoms with E-state index in [9.17, 15) is 9.90 Å². The zero-order valence-corrected chi connectivity index (χ0v) is 13.1. The van der Waals surface area contributed by atoms with Crippen LogP contribution in [0, 0.1) is 5.92 Å². The summed E-state index contributed by atoms with van der Waals surface area (Å²) in [6.45, 7) is 3.62. The summed E-state index contributed by atoms with van der Waals surface area (Å²) in [6.07, 6.45) is 7.21. The molecule has 0 aliphatic carbocycles. The molecule has 0 radical (unpaired) electrons. The number of likely N-dealkylation sites (tertiary alicyclic amines) is 1. The lowest BCUT2D eigenvalue weighted by atomic mass is 9.99. The number of aromatic nitrogens is 2. The van der Waals surface area contributed by atoms with Gasteiger partial charge in [0, 0.05) is 38.6 Å². The summed E-state index contributed by atoms with van der Waals surface area (Å²) in [6, 6.07) is 0. The Labute approximate surface area is 129 Å². The maximum Gasteiger partial charge on any atom is 0.254 e. The van der Waals surface area contributed by atoms with Crippen LogP contribution >= 0.6 is 11.8 Å². The number of piperidine rings is 1. The molecule has 21 heavy (non-hydrogen) atoms. The lowest BCUT2D eigenvalue weighted by molar-refractivity contribution is 0.0930. The van der Waals surface area contributed by atoms with Crippen molar-refractivity contribution >= 4 is 17.7 Å². The first kappa shape index (κ1) is 16.2. The van der Waals surface area contributed by atoms with E-state index in [1.54, 1.807) is 12.4 Å². The number of nitrogens with zero attached hydrogens (tertiary/aromatic N) is 3. The lowest BCUT2D eigenvalue weighted by Crippen LogP contribution is -2.41. The molecular weight excluding hydrogens is 288 g/mol. The maximum absolute atomic E-state index is 12.0. The predicted octanol–water partition coefficient (Wildman–Crippen LogP) is 0.633. The van der Waals surface area contributed by atoms with Crippen molar-refractivity contribution in [2.24, 2.45) is 5.92 Å². The number of aliphatic hydroxyl groups is 1. The molecule has 0 spiro atoms. The molecule has 0 unspecified atom stereocenters. The molecule has 1 aliphatic heterocycles. The summed E-state index contributed by atoms with van der Waals surface area (Å²) in [7, 11) is 0. The molecular formula is C14H22N4O2S. The van der Waals surface area contributed by atoms with Crippen LogP contribution in [-0.4, -0.2) is 64.9 Å². The number of aliphatic hydroxyl groups excluding tert-OH is 1. The molecule has 1 aromatic rings. The number of rotatable bonds is 6. The van der Waals surface area contributed by atoms with E-state index in [0.717, 1.165) is 32.5 Å². The van der Waals surface area contributed by atoms with Gasteiger partial charge in [0.25, 0.3) is 5.91 Å². The second-order valence-corrected chi connectivity index (χ2v) is 5.98. The van der Waals surface area contributed by atoms with E-state index >= 15 is 0 Å². The van der Waals surface area contributed by atoms with E-state index in [0.29, 0.717) is 23.2 Å². The molecule has 1 amide bonds. The Balaban J connectivity index is 1.73. The highest BCUT2D eigenvalue weighted by atomic mass is 32.2. The highest BCUT2D eigenvalue weighted by molar-refractivity contribution is 7.98. The molecule has 0 saturated carbocycles. The van der Waals surface area contributed by atoms with Gasteiger partial charge in [-0.1, -0.05) is 11.8 Å². The number of carbonyl (C=O) groups excluding carboxylic acids is 1. The largest absolute Gasteiger partial charge is 0.396 e. The molecule has 2 heterocycles. The van der Waals surface area contributed by atoms with Crippen molar-refractivity contribution < 1.29 is 9.90 Å². The van der Waals surface area contributed by atoms with Gasteiger partial charge >= 0.3 is 0 Å². The van der Waals surface area contributed by atoms with Gasteiger partial charge in [-0.15, -0.1) is 0 Å². The summed E-state index contributed by atoms with van der Waals surface area (Å²) in [4.78, 5) is 22.4. The van der Waals surface area contributed by atoms with Crippen LogP contribution in [0.1, 0.15) is 23.2 Å². The highest BCUT2D eigenvalue weighted by Crippen LogP contribution is 2.14.